The first-order valence-corrected chi connectivity index (χ1v) is 14.8. The molecule has 224 valence electrons. The highest BCUT2D eigenvalue weighted by atomic mass is 35.5. The minimum atomic E-state index is -4.85. The molecule has 0 unspecified atom stereocenters. The average Bonchev–Trinajstić information content (AvgIpc) is 2.96. The summed E-state index contributed by atoms with van der Waals surface area (Å²) in [6.45, 7) is 1.15. The highest BCUT2D eigenvalue weighted by molar-refractivity contribution is 7.92. The number of rotatable bonds is 10. The third-order valence-corrected chi connectivity index (χ3v) is 8.56. The minimum absolute atomic E-state index is 0.213. The van der Waals surface area contributed by atoms with Crippen molar-refractivity contribution in [3.8, 4) is 5.75 Å². The standard InChI is InChI=1S/C30H24Cl2F3N3O4S/c1-20-6-13-25(14-7-20)43(40,41)38(23-10-15-28(32)26(16-23)30(33,34)35)18-29(39)37-36-17-21-8-11-24(12-9-21)42-19-22-4-2-3-5-27(22)31/h2-17H,18-19H2,1H3,(H,37,39)/b36-17-. The van der Waals surface area contributed by atoms with Crippen LogP contribution in [0.1, 0.15) is 22.3 Å². The van der Waals surface area contributed by atoms with Crippen LogP contribution in [-0.2, 0) is 27.6 Å². The van der Waals surface area contributed by atoms with E-state index in [-0.39, 0.29) is 11.5 Å². The van der Waals surface area contributed by atoms with Crippen LogP contribution < -0.4 is 14.5 Å². The van der Waals surface area contributed by atoms with Crippen molar-refractivity contribution in [3.05, 3.63) is 123 Å². The van der Waals surface area contributed by atoms with Gasteiger partial charge in [0.2, 0.25) is 0 Å². The van der Waals surface area contributed by atoms with Crippen molar-refractivity contribution in [2.45, 2.75) is 24.6 Å². The lowest BCUT2D eigenvalue weighted by Gasteiger charge is -2.25. The lowest BCUT2D eigenvalue weighted by molar-refractivity contribution is -0.137. The Balaban J connectivity index is 1.49. The molecule has 0 saturated carbocycles. The molecule has 0 aliphatic heterocycles. The van der Waals surface area contributed by atoms with E-state index in [4.69, 9.17) is 27.9 Å². The molecule has 4 aromatic rings. The fourth-order valence-corrected chi connectivity index (χ4v) is 5.64. The number of hydrogen-bond donors (Lipinski definition) is 1. The molecule has 0 saturated heterocycles. The van der Waals surface area contributed by atoms with Crippen molar-refractivity contribution in [1.29, 1.82) is 0 Å². The smallest absolute Gasteiger partial charge is 0.417 e. The molecule has 43 heavy (non-hydrogen) atoms. The molecule has 0 radical (unpaired) electrons. The predicted octanol–water partition coefficient (Wildman–Crippen LogP) is 7.25. The molecular weight excluding hydrogens is 626 g/mol. The van der Waals surface area contributed by atoms with Gasteiger partial charge in [-0.25, -0.2) is 13.8 Å². The molecule has 1 amide bonds. The highest BCUT2D eigenvalue weighted by Crippen LogP contribution is 2.38. The molecule has 0 atom stereocenters. The van der Waals surface area contributed by atoms with Gasteiger partial charge in [-0.3, -0.25) is 9.10 Å². The van der Waals surface area contributed by atoms with Crippen LogP contribution in [-0.4, -0.2) is 27.1 Å². The van der Waals surface area contributed by atoms with Gasteiger partial charge in [0, 0.05) is 10.6 Å². The maximum atomic E-state index is 13.5. The topological polar surface area (TPSA) is 88.1 Å². The number of amides is 1. The van der Waals surface area contributed by atoms with Gasteiger partial charge in [0.1, 0.15) is 18.9 Å². The number of anilines is 1. The molecule has 0 bridgehead atoms. The first-order chi connectivity index (χ1) is 20.3. The molecule has 0 spiro atoms. The van der Waals surface area contributed by atoms with E-state index in [1.165, 1.54) is 30.5 Å². The van der Waals surface area contributed by atoms with E-state index in [1.807, 2.05) is 18.2 Å². The summed E-state index contributed by atoms with van der Waals surface area (Å²) in [7, 11) is -4.46. The van der Waals surface area contributed by atoms with Gasteiger partial charge in [0.05, 0.1) is 27.4 Å². The van der Waals surface area contributed by atoms with Crippen LogP contribution in [0.3, 0.4) is 0 Å². The SMILES string of the molecule is Cc1ccc(S(=O)(=O)N(CC(=O)N/N=C\c2ccc(OCc3ccccc3Cl)cc2)c2ccc(Cl)c(C(F)(F)F)c2)cc1. The molecule has 1 N–H and O–H groups in total. The Bertz CT molecular complexity index is 1730. The van der Waals surface area contributed by atoms with Crippen LogP contribution in [0.5, 0.6) is 5.75 Å². The zero-order chi connectivity index (χ0) is 31.2. The normalized spacial score (nSPS) is 11.9. The zero-order valence-electron chi connectivity index (χ0n) is 22.5. The largest absolute Gasteiger partial charge is 0.489 e. The molecule has 13 heteroatoms. The van der Waals surface area contributed by atoms with E-state index in [2.05, 4.69) is 10.5 Å². The van der Waals surface area contributed by atoms with Crippen LogP contribution in [0.4, 0.5) is 18.9 Å². The van der Waals surface area contributed by atoms with Crippen molar-refractivity contribution in [1.82, 2.24) is 5.43 Å². The van der Waals surface area contributed by atoms with Crippen molar-refractivity contribution >= 4 is 51.0 Å². The molecule has 0 heterocycles. The van der Waals surface area contributed by atoms with Crippen LogP contribution >= 0.6 is 23.2 Å². The monoisotopic (exact) mass is 649 g/mol. The van der Waals surface area contributed by atoms with E-state index in [0.29, 0.717) is 26.7 Å². The summed E-state index contributed by atoms with van der Waals surface area (Å²) in [6, 6.07) is 22.3. The Morgan fingerprint density at radius 2 is 1.63 bits per heavy atom. The van der Waals surface area contributed by atoms with Gasteiger partial charge in [-0.2, -0.15) is 18.3 Å². The van der Waals surface area contributed by atoms with Gasteiger partial charge in [-0.05, 0) is 73.2 Å². The highest BCUT2D eigenvalue weighted by Gasteiger charge is 2.35. The number of benzene rings is 4. The number of hydrazone groups is 1. The van der Waals surface area contributed by atoms with E-state index in [0.717, 1.165) is 23.3 Å². The van der Waals surface area contributed by atoms with Crippen LogP contribution in [0.25, 0.3) is 0 Å². The fraction of sp³-hybridized carbons (Fsp3) is 0.133. The zero-order valence-corrected chi connectivity index (χ0v) is 24.8. The summed E-state index contributed by atoms with van der Waals surface area (Å²) in [5.41, 5.74) is 2.75. The Kier molecular flexibility index (Phi) is 10.0. The van der Waals surface area contributed by atoms with Gasteiger partial charge in [-0.15, -0.1) is 0 Å². The van der Waals surface area contributed by atoms with Crippen molar-refractivity contribution < 1.29 is 31.1 Å². The molecule has 4 aromatic carbocycles. The van der Waals surface area contributed by atoms with Crippen LogP contribution in [0, 0.1) is 6.92 Å². The third kappa shape index (κ3) is 8.28. The second-order valence-electron chi connectivity index (χ2n) is 9.23. The number of halogens is 5. The number of nitrogens with zero attached hydrogens (tertiary/aromatic N) is 2. The molecule has 0 aromatic heterocycles. The summed E-state index contributed by atoms with van der Waals surface area (Å²) >= 11 is 11.9. The summed E-state index contributed by atoms with van der Waals surface area (Å²) < 4.78 is 73.9. The van der Waals surface area contributed by atoms with Crippen molar-refractivity contribution in [2.24, 2.45) is 5.10 Å². The van der Waals surface area contributed by atoms with Crippen molar-refractivity contribution in [2.75, 3.05) is 10.8 Å². The fourth-order valence-electron chi connectivity index (χ4n) is 3.81. The first-order valence-electron chi connectivity index (χ1n) is 12.6. The summed E-state index contributed by atoms with van der Waals surface area (Å²) in [5.74, 6) is -0.325. The molecule has 7 nitrogen and oxygen atoms in total. The Labute approximate surface area is 256 Å². The predicted molar refractivity (Wildman–Crippen MR) is 160 cm³/mol. The number of ether oxygens (including phenoxy) is 1. The van der Waals surface area contributed by atoms with E-state index >= 15 is 0 Å². The number of nitrogens with one attached hydrogen (secondary N) is 1. The number of alkyl halides is 3. The third-order valence-electron chi connectivity index (χ3n) is 6.07. The maximum Gasteiger partial charge on any atom is 0.417 e. The van der Waals surface area contributed by atoms with E-state index in [1.54, 1.807) is 37.3 Å². The molecule has 0 aliphatic rings. The number of carbonyl (C=O) groups is 1. The molecule has 4 rings (SSSR count). The van der Waals surface area contributed by atoms with Crippen molar-refractivity contribution in [3.63, 3.8) is 0 Å². The van der Waals surface area contributed by atoms with Gasteiger partial charge in [-0.1, -0.05) is 59.1 Å². The van der Waals surface area contributed by atoms with Gasteiger partial charge >= 0.3 is 6.18 Å². The Morgan fingerprint density at radius 1 is 0.953 bits per heavy atom. The molecule has 0 fully saturated rings. The summed E-state index contributed by atoms with van der Waals surface area (Å²) in [4.78, 5) is 12.6. The van der Waals surface area contributed by atoms with Gasteiger partial charge in [0.25, 0.3) is 15.9 Å². The number of carbonyl (C=O) groups excluding carboxylic acids is 1. The van der Waals surface area contributed by atoms with Gasteiger partial charge < -0.3 is 4.74 Å². The Hall–Kier alpha value is -4.06. The quantitative estimate of drug-likeness (QED) is 0.145. The summed E-state index contributed by atoms with van der Waals surface area (Å²) in [6.07, 6.45) is -3.53. The van der Waals surface area contributed by atoms with Crippen LogP contribution in [0.15, 0.2) is 101 Å². The lowest BCUT2D eigenvalue weighted by Crippen LogP contribution is -2.39. The second-order valence-corrected chi connectivity index (χ2v) is 11.9. The number of aryl methyl sites for hydroxylation is 1. The number of sulfonamides is 1. The van der Waals surface area contributed by atoms with E-state index < -0.39 is 44.9 Å². The second kappa shape index (κ2) is 13.5. The maximum absolute atomic E-state index is 13.5. The van der Waals surface area contributed by atoms with E-state index in [9.17, 15) is 26.4 Å². The Morgan fingerprint density at radius 3 is 2.28 bits per heavy atom. The molecular formula is C30H24Cl2F3N3O4S. The van der Waals surface area contributed by atoms with Crippen LogP contribution in [0.2, 0.25) is 10.0 Å². The first kappa shape index (κ1) is 31.9. The minimum Gasteiger partial charge on any atom is -0.489 e. The number of hydrogen-bond acceptors (Lipinski definition) is 5. The summed E-state index contributed by atoms with van der Waals surface area (Å²) in [5, 5.41) is 3.83. The average molecular weight is 651 g/mol. The molecule has 0 aliphatic carbocycles. The van der Waals surface area contributed by atoms with Gasteiger partial charge in [0.15, 0.2) is 0 Å². The lowest BCUT2D eigenvalue weighted by atomic mass is 10.2.